The fourth-order valence-corrected chi connectivity index (χ4v) is 1.51. The lowest BCUT2D eigenvalue weighted by atomic mass is 9.92. The number of carbonyl (C=O) groups excluding carboxylic acids is 1. The minimum Gasteiger partial charge on any atom is -0.396 e. The van der Waals surface area contributed by atoms with Crippen molar-refractivity contribution in [2.75, 3.05) is 0 Å². The van der Waals surface area contributed by atoms with Gasteiger partial charge in [0.25, 0.3) is 0 Å². The summed E-state index contributed by atoms with van der Waals surface area (Å²) in [7, 11) is 0. The standard InChI is InChI=1S/C10H15NO/c1-8-4-2-3-5-9(8)6-10(11)7-12/h6-7H,2-5,11H2,1H3/b10-6-. The van der Waals surface area contributed by atoms with Crippen LogP contribution in [0.5, 0.6) is 0 Å². The number of hydrogen-bond donors (Lipinski definition) is 1. The van der Waals surface area contributed by atoms with Crippen LogP contribution in [0.4, 0.5) is 0 Å². The van der Waals surface area contributed by atoms with Crippen molar-refractivity contribution in [3.05, 3.63) is 22.9 Å². The first-order valence-corrected chi connectivity index (χ1v) is 4.35. The van der Waals surface area contributed by atoms with Gasteiger partial charge in [0, 0.05) is 0 Å². The van der Waals surface area contributed by atoms with Crippen molar-refractivity contribution < 1.29 is 4.79 Å². The average Bonchev–Trinajstić information content (AvgIpc) is 2.09. The molecule has 1 rings (SSSR count). The Balaban J connectivity index is 2.78. The van der Waals surface area contributed by atoms with E-state index in [9.17, 15) is 4.79 Å². The van der Waals surface area contributed by atoms with Gasteiger partial charge in [-0.1, -0.05) is 5.57 Å². The Morgan fingerprint density at radius 1 is 1.42 bits per heavy atom. The van der Waals surface area contributed by atoms with Gasteiger partial charge in [0.05, 0.1) is 5.70 Å². The highest BCUT2D eigenvalue weighted by atomic mass is 16.1. The third-order valence-electron chi connectivity index (χ3n) is 2.27. The van der Waals surface area contributed by atoms with Gasteiger partial charge in [0.1, 0.15) is 0 Å². The minimum absolute atomic E-state index is 0.339. The Labute approximate surface area is 73.1 Å². The van der Waals surface area contributed by atoms with Crippen molar-refractivity contribution in [2.45, 2.75) is 32.6 Å². The Bertz CT molecular complexity index is 238. The quantitative estimate of drug-likeness (QED) is 0.501. The topological polar surface area (TPSA) is 43.1 Å². The minimum atomic E-state index is 0.339. The maximum absolute atomic E-state index is 10.3. The van der Waals surface area contributed by atoms with Crippen LogP contribution in [-0.4, -0.2) is 6.29 Å². The first-order valence-electron chi connectivity index (χ1n) is 4.35. The van der Waals surface area contributed by atoms with Crippen LogP contribution in [-0.2, 0) is 4.79 Å². The molecule has 0 atom stereocenters. The van der Waals surface area contributed by atoms with Crippen LogP contribution in [0, 0.1) is 0 Å². The third-order valence-corrected chi connectivity index (χ3v) is 2.27. The molecule has 0 saturated heterocycles. The number of hydrogen-bond acceptors (Lipinski definition) is 2. The van der Waals surface area contributed by atoms with E-state index in [0.29, 0.717) is 12.0 Å². The molecule has 0 aromatic heterocycles. The van der Waals surface area contributed by atoms with Crippen molar-refractivity contribution >= 4 is 6.29 Å². The smallest absolute Gasteiger partial charge is 0.165 e. The fourth-order valence-electron chi connectivity index (χ4n) is 1.51. The molecule has 0 fully saturated rings. The summed E-state index contributed by atoms with van der Waals surface area (Å²) in [4.78, 5) is 10.3. The molecule has 0 heterocycles. The highest BCUT2D eigenvalue weighted by Crippen LogP contribution is 2.25. The summed E-state index contributed by atoms with van der Waals surface area (Å²) in [5, 5.41) is 0. The highest BCUT2D eigenvalue weighted by molar-refractivity contribution is 5.72. The second-order valence-corrected chi connectivity index (χ2v) is 3.27. The molecule has 0 spiro atoms. The van der Waals surface area contributed by atoms with Gasteiger partial charge in [-0.05, 0) is 44.3 Å². The predicted molar refractivity (Wildman–Crippen MR) is 49.5 cm³/mol. The maximum atomic E-state index is 10.3. The van der Waals surface area contributed by atoms with E-state index in [2.05, 4.69) is 6.92 Å². The largest absolute Gasteiger partial charge is 0.396 e. The van der Waals surface area contributed by atoms with Gasteiger partial charge < -0.3 is 5.73 Å². The highest BCUT2D eigenvalue weighted by Gasteiger charge is 2.06. The third kappa shape index (κ3) is 2.22. The molecule has 12 heavy (non-hydrogen) atoms. The van der Waals surface area contributed by atoms with Gasteiger partial charge in [-0.2, -0.15) is 0 Å². The normalized spacial score (nSPS) is 19.6. The first-order chi connectivity index (χ1) is 5.74. The molecule has 1 aliphatic rings. The van der Waals surface area contributed by atoms with E-state index in [-0.39, 0.29) is 0 Å². The zero-order valence-corrected chi connectivity index (χ0v) is 7.47. The molecule has 66 valence electrons. The monoisotopic (exact) mass is 165 g/mol. The average molecular weight is 165 g/mol. The van der Waals surface area contributed by atoms with Crippen molar-refractivity contribution in [1.82, 2.24) is 0 Å². The van der Waals surface area contributed by atoms with Gasteiger partial charge in [-0.3, -0.25) is 4.79 Å². The van der Waals surface area contributed by atoms with E-state index in [4.69, 9.17) is 5.73 Å². The van der Waals surface area contributed by atoms with Crippen LogP contribution in [0.3, 0.4) is 0 Å². The summed E-state index contributed by atoms with van der Waals surface area (Å²) < 4.78 is 0. The zero-order valence-electron chi connectivity index (χ0n) is 7.47. The molecule has 0 radical (unpaired) electrons. The van der Waals surface area contributed by atoms with Gasteiger partial charge >= 0.3 is 0 Å². The summed E-state index contributed by atoms with van der Waals surface area (Å²) in [5.74, 6) is 0. The van der Waals surface area contributed by atoms with Crippen LogP contribution < -0.4 is 5.73 Å². The summed E-state index contributed by atoms with van der Waals surface area (Å²) in [6.45, 7) is 2.11. The lowest BCUT2D eigenvalue weighted by Crippen LogP contribution is -2.01. The van der Waals surface area contributed by atoms with E-state index in [1.54, 1.807) is 0 Å². The van der Waals surface area contributed by atoms with Gasteiger partial charge in [0.2, 0.25) is 0 Å². The van der Waals surface area contributed by atoms with Crippen LogP contribution in [0.1, 0.15) is 32.6 Å². The lowest BCUT2D eigenvalue weighted by molar-refractivity contribution is -0.104. The van der Waals surface area contributed by atoms with Crippen LogP contribution in [0.25, 0.3) is 0 Å². The molecule has 2 N–H and O–H groups in total. The van der Waals surface area contributed by atoms with Gasteiger partial charge in [0.15, 0.2) is 6.29 Å². The van der Waals surface area contributed by atoms with Crippen molar-refractivity contribution in [3.63, 3.8) is 0 Å². The Morgan fingerprint density at radius 3 is 2.67 bits per heavy atom. The molecule has 0 bridgehead atoms. The van der Waals surface area contributed by atoms with E-state index >= 15 is 0 Å². The molecule has 1 aliphatic carbocycles. The molecule has 0 aliphatic heterocycles. The zero-order chi connectivity index (χ0) is 8.97. The molecule has 2 heteroatoms. The fraction of sp³-hybridized carbons (Fsp3) is 0.500. The summed E-state index contributed by atoms with van der Waals surface area (Å²) in [5.41, 5.74) is 8.40. The Morgan fingerprint density at radius 2 is 2.08 bits per heavy atom. The Kier molecular flexibility index (Phi) is 3.09. The van der Waals surface area contributed by atoms with E-state index in [0.717, 1.165) is 12.8 Å². The van der Waals surface area contributed by atoms with Crippen LogP contribution in [0.2, 0.25) is 0 Å². The maximum Gasteiger partial charge on any atom is 0.165 e. The molecule has 0 aromatic carbocycles. The van der Waals surface area contributed by atoms with Gasteiger partial charge in [-0.15, -0.1) is 0 Å². The van der Waals surface area contributed by atoms with E-state index < -0.39 is 0 Å². The SMILES string of the molecule is CC1=C(/C=C(\N)C=O)CCCC1. The summed E-state index contributed by atoms with van der Waals surface area (Å²) in [6, 6.07) is 0. The van der Waals surface area contributed by atoms with Crippen LogP contribution in [0.15, 0.2) is 22.9 Å². The van der Waals surface area contributed by atoms with Crippen LogP contribution >= 0.6 is 0 Å². The number of allylic oxidation sites excluding steroid dienone is 4. The molecule has 0 saturated carbocycles. The summed E-state index contributed by atoms with van der Waals surface area (Å²) >= 11 is 0. The summed E-state index contributed by atoms with van der Waals surface area (Å²) in [6.07, 6.45) is 7.22. The Hall–Kier alpha value is -1.05. The lowest BCUT2D eigenvalue weighted by Gasteiger charge is -2.14. The number of aldehydes is 1. The van der Waals surface area contributed by atoms with Crippen molar-refractivity contribution in [2.24, 2.45) is 5.73 Å². The van der Waals surface area contributed by atoms with Crippen molar-refractivity contribution in [1.29, 1.82) is 0 Å². The van der Waals surface area contributed by atoms with E-state index in [1.165, 1.54) is 24.0 Å². The number of nitrogens with two attached hydrogens (primary N) is 1. The molecule has 2 nitrogen and oxygen atoms in total. The van der Waals surface area contributed by atoms with Crippen molar-refractivity contribution in [3.8, 4) is 0 Å². The number of rotatable bonds is 2. The molecule has 0 aromatic rings. The predicted octanol–water partition coefficient (Wildman–Crippen LogP) is 1.92. The molecular formula is C10H15NO. The number of carbonyl (C=O) groups is 1. The first kappa shape index (κ1) is 9.04. The second kappa shape index (κ2) is 4.10. The van der Waals surface area contributed by atoms with Gasteiger partial charge in [-0.25, -0.2) is 0 Å². The molecule has 0 unspecified atom stereocenters. The second-order valence-electron chi connectivity index (χ2n) is 3.27. The molecular weight excluding hydrogens is 150 g/mol. The molecule has 0 amide bonds. The van der Waals surface area contributed by atoms with E-state index in [1.807, 2.05) is 6.08 Å².